The number of aryl methyl sites for hydroxylation is 3. The predicted molar refractivity (Wildman–Crippen MR) is 62.0 cm³/mol. The van der Waals surface area contributed by atoms with E-state index in [0.29, 0.717) is 17.3 Å². The summed E-state index contributed by atoms with van der Waals surface area (Å²) < 4.78 is 6.84. The third-order valence-corrected chi connectivity index (χ3v) is 2.67. The van der Waals surface area contributed by atoms with Crippen LogP contribution in [0.25, 0.3) is 0 Å². The van der Waals surface area contributed by atoms with Crippen LogP contribution < -0.4 is 4.74 Å². The monoisotopic (exact) mass is 252 g/mol. The Kier molecular flexibility index (Phi) is 3.28. The van der Waals surface area contributed by atoms with Crippen molar-refractivity contribution in [1.29, 1.82) is 0 Å². The normalized spacial score (nSPS) is 12.7. The van der Waals surface area contributed by atoms with E-state index in [1.807, 2.05) is 6.92 Å². The molecule has 0 amide bonds. The number of aliphatic hydroxyl groups excluding tert-OH is 1. The van der Waals surface area contributed by atoms with E-state index in [2.05, 4.69) is 20.5 Å². The summed E-state index contributed by atoms with van der Waals surface area (Å²) in [6.45, 7) is 1.82. The summed E-state index contributed by atoms with van der Waals surface area (Å²) in [6.07, 6.45) is -0.491. The molecule has 0 fully saturated rings. The minimum absolute atomic E-state index is 0.275. The molecule has 0 aromatic carbocycles. The van der Waals surface area contributed by atoms with Crippen molar-refractivity contribution in [3.63, 3.8) is 0 Å². The van der Waals surface area contributed by atoms with E-state index < -0.39 is 6.10 Å². The van der Waals surface area contributed by atoms with Gasteiger partial charge in [-0.2, -0.15) is 9.90 Å². The molecule has 98 valence electrons. The molecule has 1 N–H and O–H groups in total. The van der Waals surface area contributed by atoms with E-state index in [4.69, 9.17) is 4.74 Å². The zero-order valence-electron chi connectivity index (χ0n) is 10.8. The van der Waals surface area contributed by atoms with Gasteiger partial charge in [0.05, 0.1) is 31.5 Å². The van der Waals surface area contributed by atoms with E-state index in [1.165, 1.54) is 4.80 Å². The fourth-order valence-corrected chi connectivity index (χ4v) is 1.96. The SMILES string of the molecule is COc1c(C(O)Cc2nnn(C)n2)c(C)nn1C. The molecule has 0 aliphatic carbocycles. The van der Waals surface area contributed by atoms with Gasteiger partial charge in [0.1, 0.15) is 0 Å². The van der Waals surface area contributed by atoms with E-state index in [0.717, 1.165) is 5.69 Å². The van der Waals surface area contributed by atoms with E-state index >= 15 is 0 Å². The average molecular weight is 252 g/mol. The molecule has 0 aliphatic heterocycles. The summed E-state index contributed by atoms with van der Waals surface area (Å²) in [5.41, 5.74) is 1.39. The summed E-state index contributed by atoms with van der Waals surface area (Å²) in [5, 5.41) is 26.1. The maximum absolute atomic E-state index is 10.2. The van der Waals surface area contributed by atoms with Crippen LogP contribution >= 0.6 is 0 Å². The smallest absolute Gasteiger partial charge is 0.217 e. The third-order valence-electron chi connectivity index (χ3n) is 2.67. The first kappa shape index (κ1) is 12.5. The Hall–Kier alpha value is -1.96. The van der Waals surface area contributed by atoms with Gasteiger partial charge in [-0.1, -0.05) is 0 Å². The number of hydrogen-bond donors (Lipinski definition) is 1. The molecular weight excluding hydrogens is 236 g/mol. The van der Waals surface area contributed by atoms with Crippen LogP contribution in [0.1, 0.15) is 23.2 Å². The van der Waals surface area contributed by atoms with Crippen LogP contribution in [0.2, 0.25) is 0 Å². The van der Waals surface area contributed by atoms with E-state index in [1.54, 1.807) is 25.9 Å². The Morgan fingerprint density at radius 2 is 2.06 bits per heavy atom. The first-order valence-electron chi connectivity index (χ1n) is 5.51. The highest BCUT2D eigenvalue weighted by atomic mass is 16.5. The average Bonchev–Trinajstić information content (AvgIpc) is 2.82. The van der Waals surface area contributed by atoms with Crippen LogP contribution in [0.4, 0.5) is 0 Å². The molecule has 0 spiro atoms. The van der Waals surface area contributed by atoms with Gasteiger partial charge in [-0.25, -0.2) is 4.68 Å². The van der Waals surface area contributed by atoms with Crippen molar-refractivity contribution in [3.8, 4) is 5.88 Å². The molecule has 0 radical (unpaired) electrons. The predicted octanol–water partition coefficient (Wildman–Crippen LogP) is -0.463. The van der Waals surface area contributed by atoms with Crippen molar-refractivity contribution >= 4 is 0 Å². The molecule has 1 atom stereocenters. The minimum Gasteiger partial charge on any atom is -0.481 e. The molecule has 2 aromatic heterocycles. The number of hydrogen-bond acceptors (Lipinski definition) is 6. The summed E-state index contributed by atoms with van der Waals surface area (Å²) in [5.74, 6) is 1.03. The standard InChI is InChI=1S/C10H16N6O2/c1-6-9(10(18-4)15(2)12-6)7(17)5-8-11-14-16(3)13-8/h7,17H,5H2,1-4H3. The molecule has 0 saturated heterocycles. The molecule has 0 saturated carbocycles. The molecule has 2 heterocycles. The van der Waals surface area contributed by atoms with Gasteiger partial charge in [0.2, 0.25) is 5.88 Å². The van der Waals surface area contributed by atoms with Crippen LogP contribution in [0.5, 0.6) is 5.88 Å². The number of tetrazole rings is 1. The zero-order chi connectivity index (χ0) is 13.3. The lowest BCUT2D eigenvalue weighted by atomic mass is 10.1. The molecule has 18 heavy (non-hydrogen) atoms. The van der Waals surface area contributed by atoms with Gasteiger partial charge in [-0.3, -0.25) is 0 Å². The van der Waals surface area contributed by atoms with Crippen molar-refractivity contribution < 1.29 is 9.84 Å². The van der Waals surface area contributed by atoms with E-state index in [-0.39, 0.29) is 6.42 Å². The zero-order valence-corrected chi connectivity index (χ0v) is 10.8. The van der Waals surface area contributed by atoms with Gasteiger partial charge < -0.3 is 9.84 Å². The lowest BCUT2D eigenvalue weighted by Gasteiger charge is -2.10. The first-order valence-corrected chi connectivity index (χ1v) is 5.51. The third kappa shape index (κ3) is 2.19. The van der Waals surface area contributed by atoms with Crippen LogP contribution in [0, 0.1) is 6.92 Å². The first-order chi connectivity index (χ1) is 8.52. The van der Waals surface area contributed by atoms with Crippen molar-refractivity contribution in [1.82, 2.24) is 30.0 Å². The lowest BCUT2D eigenvalue weighted by Crippen LogP contribution is -2.06. The Labute approximate surface area is 104 Å². The summed E-state index contributed by atoms with van der Waals surface area (Å²) in [7, 11) is 4.99. The number of ether oxygens (including phenoxy) is 1. The molecule has 2 aromatic rings. The second-order valence-electron chi connectivity index (χ2n) is 4.05. The van der Waals surface area contributed by atoms with Gasteiger partial charge in [-0.05, 0) is 12.1 Å². The molecular formula is C10H16N6O2. The number of methoxy groups -OCH3 is 1. The highest BCUT2D eigenvalue weighted by Gasteiger charge is 2.23. The molecule has 2 rings (SSSR count). The highest BCUT2D eigenvalue weighted by Crippen LogP contribution is 2.29. The Bertz CT molecular complexity index is 547. The van der Waals surface area contributed by atoms with Crippen molar-refractivity contribution in [2.24, 2.45) is 14.1 Å². The largest absolute Gasteiger partial charge is 0.481 e. The second-order valence-corrected chi connectivity index (χ2v) is 4.05. The Morgan fingerprint density at radius 1 is 1.33 bits per heavy atom. The summed E-state index contributed by atoms with van der Waals surface area (Å²) in [6, 6.07) is 0. The second kappa shape index (κ2) is 4.73. The molecule has 8 heteroatoms. The maximum atomic E-state index is 10.2. The number of aliphatic hydroxyl groups is 1. The maximum Gasteiger partial charge on any atom is 0.217 e. The number of aromatic nitrogens is 6. The minimum atomic E-state index is -0.766. The Morgan fingerprint density at radius 3 is 2.61 bits per heavy atom. The van der Waals surface area contributed by atoms with Gasteiger partial charge in [0, 0.05) is 13.5 Å². The van der Waals surface area contributed by atoms with Crippen molar-refractivity contribution in [3.05, 3.63) is 17.1 Å². The van der Waals surface area contributed by atoms with Crippen LogP contribution in [0.15, 0.2) is 0 Å². The van der Waals surface area contributed by atoms with Crippen LogP contribution in [0.3, 0.4) is 0 Å². The summed E-state index contributed by atoms with van der Waals surface area (Å²) in [4.78, 5) is 1.36. The van der Waals surface area contributed by atoms with Crippen molar-refractivity contribution in [2.75, 3.05) is 7.11 Å². The topological polar surface area (TPSA) is 90.9 Å². The van der Waals surface area contributed by atoms with Crippen LogP contribution in [-0.2, 0) is 20.5 Å². The quantitative estimate of drug-likeness (QED) is 0.791. The molecule has 0 bridgehead atoms. The van der Waals surface area contributed by atoms with Gasteiger partial charge in [0.25, 0.3) is 0 Å². The molecule has 1 unspecified atom stereocenters. The van der Waals surface area contributed by atoms with Crippen LogP contribution in [-0.4, -0.2) is 42.2 Å². The van der Waals surface area contributed by atoms with Crippen molar-refractivity contribution in [2.45, 2.75) is 19.4 Å². The summed E-state index contributed by atoms with van der Waals surface area (Å²) >= 11 is 0. The van der Waals surface area contributed by atoms with E-state index in [9.17, 15) is 5.11 Å². The molecule has 8 nitrogen and oxygen atoms in total. The number of rotatable bonds is 4. The lowest BCUT2D eigenvalue weighted by molar-refractivity contribution is 0.170. The number of nitrogens with zero attached hydrogens (tertiary/aromatic N) is 6. The molecule has 0 aliphatic rings. The van der Waals surface area contributed by atoms with Gasteiger partial charge in [-0.15, -0.1) is 10.2 Å². The highest BCUT2D eigenvalue weighted by molar-refractivity contribution is 5.33. The van der Waals surface area contributed by atoms with Gasteiger partial charge in [0.15, 0.2) is 5.82 Å². The Balaban J connectivity index is 2.25. The fraction of sp³-hybridized carbons (Fsp3) is 0.600. The van der Waals surface area contributed by atoms with Gasteiger partial charge >= 0.3 is 0 Å². The fourth-order valence-electron chi connectivity index (χ4n) is 1.96.